The van der Waals surface area contributed by atoms with Crippen molar-refractivity contribution < 1.29 is 9.94 Å². The maximum Gasteiger partial charge on any atom is 0.196 e. The zero-order valence-electron chi connectivity index (χ0n) is 6.19. The van der Waals surface area contributed by atoms with Crippen LogP contribution in [0.2, 0.25) is 0 Å². The Hall–Kier alpha value is -1.62. The van der Waals surface area contributed by atoms with Gasteiger partial charge in [0.05, 0.1) is 0 Å². The van der Waals surface area contributed by atoms with E-state index in [2.05, 4.69) is 9.98 Å². The van der Waals surface area contributed by atoms with Crippen molar-refractivity contribution in [3.63, 3.8) is 0 Å². The number of nitrogens with zero attached hydrogens (tertiary/aromatic N) is 2. The molecular formula is C7H7N3O2. The summed E-state index contributed by atoms with van der Waals surface area (Å²) >= 11 is 0. The Labute approximate surface area is 68.7 Å². The minimum Gasteiger partial charge on any atom is -0.482 e. The van der Waals surface area contributed by atoms with Crippen LogP contribution in [0.25, 0.3) is 0 Å². The van der Waals surface area contributed by atoms with Crippen LogP contribution in [0, 0.1) is 0 Å². The summed E-state index contributed by atoms with van der Waals surface area (Å²) in [6.07, 6.45) is 1.62. The Morgan fingerprint density at radius 1 is 1.58 bits per heavy atom. The average molecular weight is 165 g/mol. The molecule has 0 radical (unpaired) electrons. The molecule has 0 atom stereocenters. The first-order chi connectivity index (χ1) is 5.90. The predicted octanol–water partition coefficient (Wildman–Crippen LogP) is 0.483. The van der Waals surface area contributed by atoms with Gasteiger partial charge in [0.2, 0.25) is 0 Å². The third-order valence-electron chi connectivity index (χ3n) is 1.49. The standard InChI is InChI=1S/C7H7N3O2/c11-10-6-4-12-5-2-1-3-8-7(5)9-6/h1-3,11H,4H2,(H,8,9,10). The SMILES string of the molecule is ONC1=Nc2ncccc2OC1. The topological polar surface area (TPSA) is 66.7 Å². The summed E-state index contributed by atoms with van der Waals surface area (Å²) in [5.74, 6) is 1.48. The van der Waals surface area contributed by atoms with E-state index in [9.17, 15) is 0 Å². The van der Waals surface area contributed by atoms with E-state index in [0.717, 1.165) is 0 Å². The fraction of sp³-hybridized carbons (Fsp3) is 0.143. The van der Waals surface area contributed by atoms with E-state index in [1.165, 1.54) is 0 Å². The minimum atomic E-state index is 0.245. The van der Waals surface area contributed by atoms with Gasteiger partial charge >= 0.3 is 0 Å². The number of hydrogen-bond donors (Lipinski definition) is 2. The van der Waals surface area contributed by atoms with Crippen LogP contribution in [0.3, 0.4) is 0 Å². The molecule has 1 aliphatic heterocycles. The van der Waals surface area contributed by atoms with Gasteiger partial charge in [0.25, 0.3) is 0 Å². The molecule has 0 spiro atoms. The summed E-state index contributed by atoms with van der Waals surface area (Å²) in [6.45, 7) is 0.245. The van der Waals surface area contributed by atoms with E-state index >= 15 is 0 Å². The molecule has 0 saturated carbocycles. The summed E-state index contributed by atoms with van der Waals surface area (Å²) in [5.41, 5.74) is 1.93. The van der Waals surface area contributed by atoms with Gasteiger partial charge in [-0.15, -0.1) is 0 Å². The van der Waals surface area contributed by atoms with Crippen LogP contribution in [0.1, 0.15) is 0 Å². The zero-order chi connectivity index (χ0) is 8.39. The van der Waals surface area contributed by atoms with Crippen molar-refractivity contribution in [2.45, 2.75) is 0 Å². The Kier molecular flexibility index (Phi) is 1.64. The molecule has 12 heavy (non-hydrogen) atoms. The van der Waals surface area contributed by atoms with Gasteiger partial charge in [-0.1, -0.05) is 0 Å². The lowest BCUT2D eigenvalue weighted by molar-refractivity contribution is 0.221. The number of aromatic nitrogens is 1. The molecule has 0 unspecified atom stereocenters. The second-order valence-electron chi connectivity index (χ2n) is 2.28. The van der Waals surface area contributed by atoms with Crippen molar-refractivity contribution in [1.82, 2.24) is 10.5 Å². The molecule has 62 valence electrons. The highest BCUT2D eigenvalue weighted by Gasteiger charge is 2.11. The van der Waals surface area contributed by atoms with E-state index in [4.69, 9.17) is 9.94 Å². The number of hydroxylamine groups is 1. The molecule has 1 aliphatic rings. The number of nitrogens with one attached hydrogen (secondary N) is 1. The van der Waals surface area contributed by atoms with Gasteiger partial charge in [-0.25, -0.2) is 9.98 Å². The second kappa shape index (κ2) is 2.78. The number of rotatable bonds is 0. The van der Waals surface area contributed by atoms with Crippen molar-refractivity contribution in [2.75, 3.05) is 6.61 Å². The largest absolute Gasteiger partial charge is 0.482 e. The van der Waals surface area contributed by atoms with Crippen LogP contribution in [-0.4, -0.2) is 22.6 Å². The average Bonchev–Trinajstić information content (AvgIpc) is 2.17. The molecule has 5 nitrogen and oxygen atoms in total. The van der Waals surface area contributed by atoms with Gasteiger partial charge in [-0.2, -0.15) is 0 Å². The van der Waals surface area contributed by atoms with Gasteiger partial charge in [0.1, 0.15) is 6.61 Å². The fourth-order valence-electron chi connectivity index (χ4n) is 0.942. The molecule has 2 heterocycles. The van der Waals surface area contributed by atoms with Gasteiger partial charge < -0.3 is 4.74 Å². The lowest BCUT2D eigenvalue weighted by atomic mass is 10.4. The smallest absolute Gasteiger partial charge is 0.196 e. The first kappa shape index (κ1) is 7.05. The van der Waals surface area contributed by atoms with Crippen molar-refractivity contribution in [3.05, 3.63) is 18.3 Å². The van der Waals surface area contributed by atoms with Crippen LogP contribution in [0.4, 0.5) is 5.82 Å². The van der Waals surface area contributed by atoms with E-state index in [1.807, 2.05) is 5.48 Å². The molecule has 0 saturated heterocycles. The predicted molar refractivity (Wildman–Crippen MR) is 41.7 cm³/mol. The highest BCUT2D eigenvalue weighted by atomic mass is 16.5. The molecule has 0 aliphatic carbocycles. The van der Waals surface area contributed by atoms with E-state index in [0.29, 0.717) is 17.4 Å². The Morgan fingerprint density at radius 3 is 3.33 bits per heavy atom. The van der Waals surface area contributed by atoms with E-state index < -0.39 is 0 Å². The van der Waals surface area contributed by atoms with Crippen molar-refractivity contribution in [1.29, 1.82) is 0 Å². The van der Waals surface area contributed by atoms with Crippen molar-refractivity contribution >= 4 is 11.7 Å². The Balaban J connectivity index is 2.41. The van der Waals surface area contributed by atoms with Gasteiger partial charge in [-0.3, -0.25) is 10.7 Å². The third kappa shape index (κ3) is 1.10. The van der Waals surface area contributed by atoms with Crippen LogP contribution >= 0.6 is 0 Å². The first-order valence-corrected chi connectivity index (χ1v) is 3.45. The Bertz CT molecular complexity index is 324. The quantitative estimate of drug-likeness (QED) is 0.549. The number of fused-ring (bicyclic) bond motifs is 1. The maximum absolute atomic E-state index is 8.53. The summed E-state index contributed by atoms with van der Waals surface area (Å²) in [5, 5.41) is 8.53. The van der Waals surface area contributed by atoms with Crippen LogP contribution in [0.15, 0.2) is 23.3 Å². The molecule has 2 rings (SSSR count). The minimum absolute atomic E-state index is 0.245. The molecule has 0 amide bonds. The second-order valence-corrected chi connectivity index (χ2v) is 2.28. The number of hydrogen-bond acceptors (Lipinski definition) is 5. The normalized spacial score (nSPS) is 14.2. The van der Waals surface area contributed by atoms with E-state index in [-0.39, 0.29) is 6.61 Å². The third-order valence-corrected chi connectivity index (χ3v) is 1.49. The fourth-order valence-corrected chi connectivity index (χ4v) is 0.942. The summed E-state index contributed by atoms with van der Waals surface area (Å²) < 4.78 is 5.21. The molecular weight excluding hydrogens is 158 g/mol. The number of amidine groups is 1. The van der Waals surface area contributed by atoms with Crippen molar-refractivity contribution in [2.24, 2.45) is 4.99 Å². The first-order valence-electron chi connectivity index (χ1n) is 3.45. The molecule has 2 N–H and O–H groups in total. The van der Waals surface area contributed by atoms with Gasteiger partial charge in [-0.05, 0) is 12.1 Å². The van der Waals surface area contributed by atoms with Gasteiger partial charge in [0.15, 0.2) is 17.4 Å². The number of pyridine rings is 1. The summed E-state index contributed by atoms with van der Waals surface area (Å²) in [6, 6.07) is 3.55. The van der Waals surface area contributed by atoms with Gasteiger partial charge in [0, 0.05) is 6.20 Å². The zero-order valence-corrected chi connectivity index (χ0v) is 6.19. The highest BCUT2D eigenvalue weighted by Crippen LogP contribution is 2.26. The maximum atomic E-state index is 8.53. The number of ether oxygens (including phenoxy) is 1. The highest BCUT2D eigenvalue weighted by molar-refractivity contribution is 5.86. The molecule has 0 fully saturated rings. The monoisotopic (exact) mass is 165 g/mol. The lowest BCUT2D eigenvalue weighted by Crippen LogP contribution is -2.28. The van der Waals surface area contributed by atoms with E-state index in [1.54, 1.807) is 18.3 Å². The summed E-state index contributed by atoms with van der Waals surface area (Å²) in [4.78, 5) is 7.94. The van der Waals surface area contributed by atoms with Crippen LogP contribution < -0.4 is 10.2 Å². The molecule has 1 aromatic heterocycles. The lowest BCUT2D eigenvalue weighted by Gasteiger charge is -2.13. The molecule has 0 aromatic carbocycles. The Morgan fingerprint density at radius 2 is 2.50 bits per heavy atom. The molecule has 5 heteroatoms. The van der Waals surface area contributed by atoms with Crippen LogP contribution in [-0.2, 0) is 0 Å². The number of aliphatic imine (C=N–C) groups is 1. The molecule has 0 bridgehead atoms. The molecule has 1 aromatic rings. The summed E-state index contributed by atoms with van der Waals surface area (Å²) in [7, 11) is 0. The van der Waals surface area contributed by atoms with Crippen LogP contribution in [0.5, 0.6) is 5.75 Å². The van der Waals surface area contributed by atoms with Crippen molar-refractivity contribution in [3.8, 4) is 5.75 Å².